The summed E-state index contributed by atoms with van der Waals surface area (Å²) >= 11 is 0. The standard InChI is InChI=1S/C13H25N3O4/c1-15(9-12(18)14-11-3-4-11)13(19)10-16(5-7-17)6-8-20-2/h11,17H,3-10H2,1-2H3,(H,14,18). The van der Waals surface area contributed by atoms with Crippen LogP contribution in [0.15, 0.2) is 0 Å². The van der Waals surface area contributed by atoms with Gasteiger partial charge < -0.3 is 20.1 Å². The fourth-order valence-corrected chi connectivity index (χ4v) is 1.75. The van der Waals surface area contributed by atoms with E-state index in [1.54, 1.807) is 19.1 Å². The lowest BCUT2D eigenvalue weighted by molar-refractivity contribution is -0.135. The van der Waals surface area contributed by atoms with Crippen LogP contribution in [0, 0.1) is 0 Å². The molecule has 1 saturated carbocycles. The molecule has 0 saturated heterocycles. The van der Waals surface area contributed by atoms with Crippen molar-refractivity contribution in [1.29, 1.82) is 0 Å². The first-order valence-electron chi connectivity index (χ1n) is 6.92. The van der Waals surface area contributed by atoms with Gasteiger partial charge in [0, 0.05) is 33.3 Å². The lowest BCUT2D eigenvalue weighted by Crippen LogP contribution is -2.44. The van der Waals surface area contributed by atoms with Gasteiger partial charge in [0.05, 0.1) is 26.3 Å². The van der Waals surface area contributed by atoms with E-state index in [4.69, 9.17) is 9.84 Å². The first-order chi connectivity index (χ1) is 9.56. The molecule has 2 N–H and O–H groups in total. The Labute approximate surface area is 119 Å². The molecular weight excluding hydrogens is 262 g/mol. The SMILES string of the molecule is COCCN(CCO)CC(=O)N(C)CC(=O)NC1CC1. The highest BCUT2D eigenvalue weighted by Gasteiger charge is 2.24. The Bertz CT molecular complexity index is 321. The van der Waals surface area contributed by atoms with Gasteiger partial charge in [-0.05, 0) is 12.8 Å². The molecule has 0 bridgehead atoms. The van der Waals surface area contributed by atoms with Crippen LogP contribution < -0.4 is 5.32 Å². The number of likely N-dealkylation sites (N-methyl/N-ethyl adjacent to an activating group) is 1. The monoisotopic (exact) mass is 287 g/mol. The Morgan fingerprint density at radius 2 is 2.00 bits per heavy atom. The number of carbonyl (C=O) groups excluding carboxylic acids is 2. The number of hydrogen-bond acceptors (Lipinski definition) is 5. The van der Waals surface area contributed by atoms with Gasteiger partial charge in [-0.2, -0.15) is 0 Å². The molecule has 116 valence electrons. The minimum Gasteiger partial charge on any atom is -0.395 e. The molecule has 0 spiro atoms. The summed E-state index contributed by atoms with van der Waals surface area (Å²) < 4.78 is 4.96. The largest absolute Gasteiger partial charge is 0.395 e. The number of nitrogens with one attached hydrogen (secondary N) is 1. The summed E-state index contributed by atoms with van der Waals surface area (Å²) in [6, 6.07) is 0.304. The highest BCUT2D eigenvalue weighted by molar-refractivity contribution is 5.85. The molecule has 0 atom stereocenters. The molecule has 0 radical (unpaired) electrons. The topological polar surface area (TPSA) is 82.1 Å². The van der Waals surface area contributed by atoms with Crippen LogP contribution in [0.2, 0.25) is 0 Å². The van der Waals surface area contributed by atoms with Crippen LogP contribution in [-0.2, 0) is 14.3 Å². The first-order valence-corrected chi connectivity index (χ1v) is 6.92. The van der Waals surface area contributed by atoms with Gasteiger partial charge in [-0.15, -0.1) is 0 Å². The second-order valence-electron chi connectivity index (χ2n) is 5.08. The normalized spacial score (nSPS) is 14.4. The number of aliphatic hydroxyl groups excluding tert-OH is 1. The van der Waals surface area contributed by atoms with Crippen LogP contribution in [0.3, 0.4) is 0 Å². The summed E-state index contributed by atoms with van der Waals surface area (Å²) in [7, 11) is 3.20. The number of hydrogen-bond donors (Lipinski definition) is 2. The van der Waals surface area contributed by atoms with Crippen LogP contribution in [0.25, 0.3) is 0 Å². The van der Waals surface area contributed by atoms with Gasteiger partial charge in [0.25, 0.3) is 0 Å². The lowest BCUT2D eigenvalue weighted by Gasteiger charge is -2.24. The summed E-state index contributed by atoms with van der Waals surface area (Å²) in [5.41, 5.74) is 0. The maximum absolute atomic E-state index is 12.0. The summed E-state index contributed by atoms with van der Waals surface area (Å²) in [4.78, 5) is 26.8. The van der Waals surface area contributed by atoms with E-state index in [-0.39, 0.29) is 31.5 Å². The molecule has 0 unspecified atom stereocenters. The minimum absolute atomic E-state index is 0.0110. The van der Waals surface area contributed by atoms with Gasteiger partial charge >= 0.3 is 0 Å². The van der Waals surface area contributed by atoms with E-state index in [0.717, 1.165) is 12.8 Å². The Morgan fingerprint density at radius 3 is 2.55 bits per heavy atom. The quantitative estimate of drug-likeness (QED) is 0.520. The summed E-state index contributed by atoms with van der Waals surface area (Å²) in [6.45, 7) is 1.73. The third kappa shape index (κ3) is 6.83. The zero-order valence-corrected chi connectivity index (χ0v) is 12.3. The average molecular weight is 287 g/mol. The van der Waals surface area contributed by atoms with E-state index in [1.165, 1.54) is 4.90 Å². The van der Waals surface area contributed by atoms with E-state index in [1.807, 2.05) is 0 Å². The molecule has 1 aliphatic carbocycles. The van der Waals surface area contributed by atoms with Gasteiger partial charge in [-0.25, -0.2) is 0 Å². The molecule has 7 nitrogen and oxygen atoms in total. The molecular formula is C13H25N3O4. The second kappa shape index (κ2) is 8.89. The highest BCUT2D eigenvalue weighted by Crippen LogP contribution is 2.18. The smallest absolute Gasteiger partial charge is 0.239 e. The van der Waals surface area contributed by atoms with Gasteiger partial charge in [0.2, 0.25) is 11.8 Å². The van der Waals surface area contributed by atoms with Gasteiger partial charge in [-0.1, -0.05) is 0 Å². The van der Waals surface area contributed by atoms with Crippen molar-refractivity contribution >= 4 is 11.8 Å². The number of ether oxygens (including phenoxy) is 1. The molecule has 2 amide bonds. The molecule has 20 heavy (non-hydrogen) atoms. The van der Waals surface area contributed by atoms with Crippen molar-refractivity contribution in [2.45, 2.75) is 18.9 Å². The number of rotatable bonds is 10. The third-order valence-electron chi connectivity index (χ3n) is 3.14. The van der Waals surface area contributed by atoms with Crippen LogP contribution in [-0.4, -0.2) is 86.3 Å². The molecule has 0 heterocycles. The van der Waals surface area contributed by atoms with E-state index >= 15 is 0 Å². The van der Waals surface area contributed by atoms with Gasteiger partial charge in [0.1, 0.15) is 0 Å². The highest BCUT2D eigenvalue weighted by atomic mass is 16.5. The van der Waals surface area contributed by atoms with Crippen LogP contribution in [0.5, 0.6) is 0 Å². The number of aliphatic hydroxyl groups is 1. The lowest BCUT2D eigenvalue weighted by atomic mass is 10.4. The third-order valence-corrected chi connectivity index (χ3v) is 3.14. The Balaban J connectivity index is 2.30. The van der Waals surface area contributed by atoms with Crippen molar-refractivity contribution in [3.63, 3.8) is 0 Å². The fourth-order valence-electron chi connectivity index (χ4n) is 1.75. The number of carbonyl (C=O) groups is 2. The van der Waals surface area contributed by atoms with Crippen LogP contribution >= 0.6 is 0 Å². The van der Waals surface area contributed by atoms with Crippen molar-refractivity contribution in [2.75, 3.05) is 53.6 Å². The van der Waals surface area contributed by atoms with Crippen molar-refractivity contribution in [3.8, 4) is 0 Å². The summed E-state index contributed by atoms with van der Waals surface area (Å²) in [6.07, 6.45) is 2.06. The van der Waals surface area contributed by atoms with E-state index in [2.05, 4.69) is 5.32 Å². The fraction of sp³-hybridized carbons (Fsp3) is 0.846. The van der Waals surface area contributed by atoms with Crippen molar-refractivity contribution < 1.29 is 19.4 Å². The molecule has 1 fully saturated rings. The van der Waals surface area contributed by atoms with Gasteiger partial charge in [0.15, 0.2) is 0 Å². The summed E-state index contributed by atoms with van der Waals surface area (Å²) in [5.74, 6) is -0.255. The van der Waals surface area contributed by atoms with E-state index < -0.39 is 0 Å². The molecule has 0 aromatic rings. The predicted octanol–water partition coefficient (Wildman–Crippen LogP) is -1.34. The number of methoxy groups -OCH3 is 1. The average Bonchev–Trinajstić information content (AvgIpc) is 3.19. The predicted molar refractivity (Wildman–Crippen MR) is 74.2 cm³/mol. The number of nitrogens with zero attached hydrogens (tertiary/aromatic N) is 2. The molecule has 1 aliphatic rings. The van der Waals surface area contributed by atoms with Crippen LogP contribution in [0.1, 0.15) is 12.8 Å². The molecule has 0 aromatic heterocycles. The molecule has 1 rings (SSSR count). The van der Waals surface area contributed by atoms with Crippen molar-refractivity contribution in [1.82, 2.24) is 15.1 Å². The van der Waals surface area contributed by atoms with Gasteiger partial charge in [-0.3, -0.25) is 14.5 Å². The maximum atomic E-state index is 12.0. The van der Waals surface area contributed by atoms with Crippen molar-refractivity contribution in [2.24, 2.45) is 0 Å². The van der Waals surface area contributed by atoms with E-state index in [9.17, 15) is 9.59 Å². The first kappa shape index (κ1) is 16.9. The minimum atomic E-state index is -0.138. The number of amides is 2. The van der Waals surface area contributed by atoms with Crippen LogP contribution in [0.4, 0.5) is 0 Å². The zero-order chi connectivity index (χ0) is 15.0. The Hall–Kier alpha value is -1.18. The van der Waals surface area contributed by atoms with Crippen molar-refractivity contribution in [3.05, 3.63) is 0 Å². The molecule has 7 heteroatoms. The Morgan fingerprint density at radius 1 is 1.30 bits per heavy atom. The zero-order valence-electron chi connectivity index (χ0n) is 12.3. The maximum Gasteiger partial charge on any atom is 0.239 e. The molecule has 0 aliphatic heterocycles. The Kier molecular flexibility index (Phi) is 7.50. The second-order valence-corrected chi connectivity index (χ2v) is 5.08. The summed E-state index contributed by atoms with van der Waals surface area (Å²) in [5, 5.41) is 11.8. The molecule has 0 aromatic carbocycles. The van der Waals surface area contributed by atoms with E-state index in [0.29, 0.717) is 25.7 Å².